The van der Waals surface area contributed by atoms with E-state index in [2.05, 4.69) is 32.0 Å². The Hall–Kier alpha value is -1.76. The Bertz CT molecular complexity index is 615. The summed E-state index contributed by atoms with van der Waals surface area (Å²) in [6.45, 7) is 4.48. The molecule has 0 unspecified atom stereocenters. The molecule has 0 radical (unpaired) electrons. The molecule has 0 fully saturated rings. The van der Waals surface area contributed by atoms with Gasteiger partial charge in [-0.2, -0.15) is 0 Å². The van der Waals surface area contributed by atoms with Gasteiger partial charge < -0.3 is 5.11 Å². The van der Waals surface area contributed by atoms with Crippen LogP contribution in [0.3, 0.4) is 0 Å². The minimum absolute atomic E-state index is 0.415. The fourth-order valence-corrected chi connectivity index (χ4v) is 3.66. The molecule has 1 heteroatoms. The van der Waals surface area contributed by atoms with E-state index < -0.39 is 0 Å². The van der Waals surface area contributed by atoms with E-state index in [4.69, 9.17) is 0 Å². The highest BCUT2D eigenvalue weighted by Gasteiger charge is 2.13. The second kappa shape index (κ2) is 11.0. The van der Waals surface area contributed by atoms with E-state index in [1.807, 2.05) is 24.3 Å². The van der Waals surface area contributed by atoms with Crippen LogP contribution >= 0.6 is 0 Å². The zero-order valence-corrected chi connectivity index (χ0v) is 16.1. The van der Waals surface area contributed by atoms with Crippen LogP contribution in [-0.2, 0) is 12.8 Å². The maximum Gasteiger partial charge on any atom is 0.123 e. The number of hydrogen-bond acceptors (Lipinski definition) is 1. The van der Waals surface area contributed by atoms with Crippen molar-refractivity contribution in [3.05, 3.63) is 53.6 Å². The number of phenols is 1. The van der Waals surface area contributed by atoms with E-state index in [-0.39, 0.29) is 0 Å². The van der Waals surface area contributed by atoms with Gasteiger partial charge in [0.2, 0.25) is 0 Å². The highest BCUT2D eigenvalue weighted by atomic mass is 16.3. The molecule has 0 aliphatic heterocycles. The molecule has 0 aliphatic carbocycles. The summed E-state index contributed by atoms with van der Waals surface area (Å²) >= 11 is 0. The van der Waals surface area contributed by atoms with Gasteiger partial charge in [0.15, 0.2) is 0 Å². The summed E-state index contributed by atoms with van der Waals surface area (Å²) in [6.07, 6.45) is 12.8. The molecule has 0 aromatic heterocycles. The fourth-order valence-electron chi connectivity index (χ4n) is 3.66. The normalized spacial score (nSPS) is 11.0. The van der Waals surface area contributed by atoms with Crippen molar-refractivity contribution in [3.63, 3.8) is 0 Å². The van der Waals surface area contributed by atoms with Gasteiger partial charge in [0, 0.05) is 5.56 Å². The maximum atomic E-state index is 10.5. The Labute approximate surface area is 154 Å². The lowest BCUT2D eigenvalue weighted by Gasteiger charge is -2.16. The van der Waals surface area contributed by atoms with E-state index in [1.165, 1.54) is 62.5 Å². The van der Waals surface area contributed by atoms with Gasteiger partial charge in [0.1, 0.15) is 5.75 Å². The molecule has 0 amide bonds. The van der Waals surface area contributed by atoms with Crippen LogP contribution in [0.5, 0.6) is 5.75 Å². The Morgan fingerprint density at radius 1 is 0.720 bits per heavy atom. The molecule has 25 heavy (non-hydrogen) atoms. The average Bonchev–Trinajstić information content (AvgIpc) is 2.65. The molecule has 136 valence electrons. The van der Waals surface area contributed by atoms with Crippen LogP contribution in [-0.4, -0.2) is 5.11 Å². The predicted molar refractivity (Wildman–Crippen MR) is 109 cm³/mol. The third kappa shape index (κ3) is 5.92. The minimum Gasteiger partial charge on any atom is -0.507 e. The number of phenolic OH excluding ortho intramolecular Hbond substituents is 1. The lowest BCUT2D eigenvalue weighted by Crippen LogP contribution is -1.98. The van der Waals surface area contributed by atoms with Gasteiger partial charge in [-0.3, -0.25) is 0 Å². The van der Waals surface area contributed by atoms with Crippen molar-refractivity contribution in [1.29, 1.82) is 0 Å². The van der Waals surface area contributed by atoms with Gasteiger partial charge in [-0.15, -0.1) is 0 Å². The molecule has 2 aromatic carbocycles. The van der Waals surface area contributed by atoms with Crippen molar-refractivity contribution in [3.8, 4) is 16.9 Å². The van der Waals surface area contributed by atoms with E-state index in [9.17, 15) is 5.11 Å². The summed E-state index contributed by atoms with van der Waals surface area (Å²) in [7, 11) is 0. The Morgan fingerprint density at radius 2 is 1.36 bits per heavy atom. The van der Waals surface area contributed by atoms with Gasteiger partial charge >= 0.3 is 0 Å². The molecule has 0 aliphatic rings. The first kappa shape index (κ1) is 19.6. The van der Waals surface area contributed by atoms with Gasteiger partial charge in [-0.1, -0.05) is 95.2 Å². The number of hydrogen-bond donors (Lipinski definition) is 1. The zero-order valence-electron chi connectivity index (χ0n) is 16.1. The largest absolute Gasteiger partial charge is 0.507 e. The predicted octanol–water partition coefficient (Wildman–Crippen LogP) is 7.30. The van der Waals surface area contributed by atoms with E-state index in [0.717, 1.165) is 24.0 Å². The number of aryl methyl sites for hydroxylation is 1. The lowest BCUT2D eigenvalue weighted by molar-refractivity contribution is 0.476. The third-order valence-electron chi connectivity index (χ3n) is 5.11. The Balaban J connectivity index is 2.00. The maximum absolute atomic E-state index is 10.5. The van der Waals surface area contributed by atoms with Crippen molar-refractivity contribution in [2.24, 2.45) is 0 Å². The molecule has 0 heterocycles. The summed E-state index contributed by atoms with van der Waals surface area (Å²) < 4.78 is 0. The smallest absolute Gasteiger partial charge is 0.123 e. The van der Waals surface area contributed by atoms with Crippen LogP contribution < -0.4 is 0 Å². The summed E-state index contributed by atoms with van der Waals surface area (Å²) in [5, 5.41) is 10.5. The van der Waals surface area contributed by atoms with Crippen molar-refractivity contribution >= 4 is 0 Å². The molecule has 2 aromatic rings. The average molecular weight is 339 g/mol. The Morgan fingerprint density at radius 3 is 2.00 bits per heavy atom. The molecule has 0 saturated heterocycles. The van der Waals surface area contributed by atoms with E-state index in [0.29, 0.717) is 5.75 Å². The molecular formula is C24H34O. The first-order valence-electron chi connectivity index (χ1n) is 10.2. The second-order valence-corrected chi connectivity index (χ2v) is 7.04. The molecule has 2 rings (SSSR count). The summed E-state index contributed by atoms with van der Waals surface area (Å²) in [4.78, 5) is 0. The third-order valence-corrected chi connectivity index (χ3v) is 5.11. The summed E-state index contributed by atoms with van der Waals surface area (Å²) in [6, 6.07) is 14.3. The van der Waals surface area contributed by atoms with Gasteiger partial charge in [-0.05, 0) is 42.0 Å². The standard InChI is InChI=1S/C24H34O/c1-3-5-6-7-8-9-10-14-17-22-20(4-2)18-19-23(25)24(22)21-15-12-11-13-16-21/h11-13,15-16,18-19,25H,3-10,14,17H2,1-2H3. The van der Waals surface area contributed by atoms with Gasteiger partial charge in [0.05, 0.1) is 0 Å². The SMILES string of the molecule is CCCCCCCCCCc1c(CC)ccc(O)c1-c1ccccc1. The van der Waals surface area contributed by atoms with Crippen molar-refractivity contribution in [2.75, 3.05) is 0 Å². The van der Waals surface area contributed by atoms with Crippen LogP contribution in [0.2, 0.25) is 0 Å². The molecular weight excluding hydrogens is 304 g/mol. The van der Waals surface area contributed by atoms with Crippen LogP contribution in [0.25, 0.3) is 11.1 Å². The zero-order chi connectivity index (χ0) is 17.9. The van der Waals surface area contributed by atoms with Crippen LogP contribution in [0.15, 0.2) is 42.5 Å². The topological polar surface area (TPSA) is 20.2 Å². The molecule has 1 N–H and O–H groups in total. The van der Waals surface area contributed by atoms with E-state index in [1.54, 1.807) is 0 Å². The highest BCUT2D eigenvalue weighted by molar-refractivity contribution is 5.75. The van der Waals surface area contributed by atoms with Gasteiger partial charge in [-0.25, -0.2) is 0 Å². The molecule has 0 atom stereocenters. The fraction of sp³-hybridized carbons (Fsp3) is 0.500. The number of unbranched alkanes of at least 4 members (excludes halogenated alkanes) is 7. The van der Waals surface area contributed by atoms with Crippen LogP contribution in [0.4, 0.5) is 0 Å². The Kier molecular flexibility index (Phi) is 8.59. The first-order chi connectivity index (χ1) is 12.3. The lowest BCUT2D eigenvalue weighted by atomic mass is 9.90. The summed E-state index contributed by atoms with van der Waals surface area (Å²) in [5.74, 6) is 0.415. The summed E-state index contributed by atoms with van der Waals surface area (Å²) in [5.41, 5.74) is 4.90. The monoisotopic (exact) mass is 338 g/mol. The van der Waals surface area contributed by atoms with Crippen molar-refractivity contribution < 1.29 is 5.11 Å². The molecule has 0 bridgehead atoms. The van der Waals surface area contributed by atoms with Crippen molar-refractivity contribution in [2.45, 2.75) is 78.1 Å². The van der Waals surface area contributed by atoms with Crippen LogP contribution in [0, 0.1) is 0 Å². The first-order valence-corrected chi connectivity index (χ1v) is 10.2. The number of benzene rings is 2. The van der Waals surface area contributed by atoms with Gasteiger partial charge in [0.25, 0.3) is 0 Å². The molecule has 1 nitrogen and oxygen atoms in total. The minimum atomic E-state index is 0.415. The van der Waals surface area contributed by atoms with Crippen molar-refractivity contribution in [1.82, 2.24) is 0 Å². The quantitative estimate of drug-likeness (QED) is 0.426. The highest BCUT2D eigenvalue weighted by Crippen LogP contribution is 2.36. The van der Waals surface area contributed by atoms with E-state index >= 15 is 0 Å². The number of aromatic hydroxyl groups is 1. The second-order valence-electron chi connectivity index (χ2n) is 7.04. The van der Waals surface area contributed by atoms with Crippen LogP contribution in [0.1, 0.15) is 76.3 Å². The molecule has 0 spiro atoms. The number of rotatable bonds is 11. The molecule has 0 saturated carbocycles.